The number of aliphatic imine (C=N–C) groups is 1. The molecule has 0 radical (unpaired) electrons. The number of halogens is 1. The summed E-state index contributed by atoms with van der Waals surface area (Å²) in [4.78, 5) is 23.6. The van der Waals surface area contributed by atoms with Crippen molar-refractivity contribution in [1.29, 1.82) is 0 Å². The zero-order valence-corrected chi connectivity index (χ0v) is 17.0. The number of carbonyl (C=O) groups is 1. The van der Waals surface area contributed by atoms with Crippen LogP contribution in [0.3, 0.4) is 0 Å². The van der Waals surface area contributed by atoms with Crippen molar-refractivity contribution in [3.63, 3.8) is 0 Å². The lowest BCUT2D eigenvalue weighted by Gasteiger charge is -2.23. The van der Waals surface area contributed by atoms with Crippen molar-refractivity contribution in [2.24, 2.45) is 10.9 Å². The van der Waals surface area contributed by atoms with Crippen LogP contribution >= 0.6 is 11.6 Å². The fraction of sp³-hybridized carbons (Fsp3) is 0.500. The van der Waals surface area contributed by atoms with E-state index in [1.807, 2.05) is 23.2 Å². The van der Waals surface area contributed by atoms with Crippen LogP contribution in [0.15, 0.2) is 35.0 Å². The first-order valence-electron chi connectivity index (χ1n) is 10.1. The highest BCUT2D eigenvalue weighted by atomic mass is 35.5. The number of hydrogen-bond donors (Lipinski definition) is 1. The van der Waals surface area contributed by atoms with Crippen molar-refractivity contribution in [2.75, 3.05) is 29.9 Å². The van der Waals surface area contributed by atoms with Gasteiger partial charge in [0.2, 0.25) is 5.95 Å². The number of amidine groups is 1. The minimum absolute atomic E-state index is 0.159. The molecule has 152 valence electrons. The second kappa shape index (κ2) is 7.33. The van der Waals surface area contributed by atoms with Gasteiger partial charge < -0.3 is 15.0 Å². The first-order valence-corrected chi connectivity index (χ1v) is 10.5. The third-order valence-corrected chi connectivity index (χ3v) is 5.86. The molecule has 0 unspecified atom stereocenters. The van der Waals surface area contributed by atoms with E-state index in [0.29, 0.717) is 37.3 Å². The summed E-state index contributed by atoms with van der Waals surface area (Å²) in [7, 11) is 0. The Morgan fingerprint density at radius 1 is 1.41 bits per heavy atom. The smallest absolute Gasteiger partial charge is 0.328 e. The number of fused-ring (bicyclic) bond motifs is 1. The number of nitrogens with zero attached hydrogens (tertiary/aromatic N) is 5. The molecule has 1 N–H and O–H groups in total. The summed E-state index contributed by atoms with van der Waals surface area (Å²) in [6.07, 6.45) is 7.03. The van der Waals surface area contributed by atoms with Gasteiger partial charge in [-0.15, -0.1) is 16.7 Å². The molecule has 4 heterocycles. The molecule has 2 aliphatic heterocycles. The van der Waals surface area contributed by atoms with Gasteiger partial charge in [0.15, 0.2) is 5.82 Å². The van der Waals surface area contributed by atoms with E-state index in [1.54, 1.807) is 11.4 Å². The van der Waals surface area contributed by atoms with Gasteiger partial charge in [0, 0.05) is 12.7 Å². The molecule has 2 fully saturated rings. The Balaban J connectivity index is 1.46. The maximum atomic E-state index is 12.4. The minimum atomic E-state index is -0.483. The standard InChI is InChI=1S/C20H23ClN6O2/c1-2-29-19(28)16-9-14(21)11-26(16)20-24-18(15-4-3-7-27(15)25-20)23-17-8-13(10-22-17)12-5-6-12/h3-4,7-8,12,14,16H,2,5-6,9-11H2,1H3,(H,22,23,24,25)/t14-,16+/m1/s1. The van der Waals surface area contributed by atoms with Crippen molar-refractivity contribution in [1.82, 2.24) is 14.6 Å². The van der Waals surface area contributed by atoms with E-state index in [0.717, 1.165) is 17.9 Å². The number of alkyl halides is 1. The summed E-state index contributed by atoms with van der Waals surface area (Å²) in [6, 6.07) is 3.38. The lowest BCUT2D eigenvalue weighted by atomic mass is 10.2. The molecule has 3 aliphatic rings. The number of nitrogens with one attached hydrogen (secondary N) is 1. The highest BCUT2D eigenvalue weighted by Crippen LogP contribution is 2.38. The summed E-state index contributed by atoms with van der Waals surface area (Å²) in [6.45, 7) is 3.37. The van der Waals surface area contributed by atoms with Crippen LogP contribution in [-0.2, 0) is 9.53 Å². The molecule has 2 aromatic rings. The Kier molecular flexibility index (Phi) is 4.66. The Morgan fingerprint density at radius 3 is 3.07 bits per heavy atom. The van der Waals surface area contributed by atoms with Crippen LogP contribution in [0.2, 0.25) is 0 Å². The number of hydrogen-bond acceptors (Lipinski definition) is 7. The number of ether oxygens (including phenoxy) is 1. The normalized spacial score (nSPS) is 24.0. The van der Waals surface area contributed by atoms with Crippen LogP contribution in [0.1, 0.15) is 26.2 Å². The van der Waals surface area contributed by atoms with Gasteiger partial charge in [0.1, 0.15) is 17.4 Å². The lowest BCUT2D eigenvalue weighted by molar-refractivity contribution is -0.144. The van der Waals surface area contributed by atoms with Gasteiger partial charge in [-0.05, 0) is 55.9 Å². The Hall–Kier alpha value is -2.61. The SMILES string of the molecule is CCOC(=O)[C@@H]1C[C@@H](Cl)CN1c1nc(NC2=NCC(C3CC3)=C2)c2cccn2n1. The van der Waals surface area contributed by atoms with E-state index in [2.05, 4.69) is 21.5 Å². The molecule has 1 saturated carbocycles. The van der Waals surface area contributed by atoms with Crippen LogP contribution in [0.4, 0.5) is 11.8 Å². The summed E-state index contributed by atoms with van der Waals surface area (Å²) < 4.78 is 6.99. The van der Waals surface area contributed by atoms with Crippen molar-refractivity contribution in [2.45, 2.75) is 37.6 Å². The Bertz CT molecular complexity index is 1010. The molecule has 0 aromatic carbocycles. The summed E-state index contributed by atoms with van der Waals surface area (Å²) in [5.74, 6) is 2.33. The molecule has 0 spiro atoms. The molecular weight excluding hydrogens is 392 g/mol. The lowest BCUT2D eigenvalue weighted by Crippen LogP contribution is -2.38. The van der Waals surface area contributed by atoms with Crippen LogP contribution in [0.5, 0.6) is 0 Å². The van der Waals surface area contributed by atoms with Gasteiger partial charge in [0.25, 0.3) is 0 Å². The summed E-state index contributed by atoms with van der Waals surface area (Å²) >= 11 is 6.37. The molecule has 1 saturated heterocycles. The van der Waals surface area contributed by atoms with Crippen molar-refractivity contribution in [3.05, 3.63) is 30.0 Å². The molecule has 9 heteroatoms. The topological polar surface area (TPSA) is 84.1 Å². The highest BCUT2D eigenvalue weighted by molar-refractivity contribution is 6.21. The molecule has 2 atom stereocenters. The molecule has 29 heavy (non-hydrogen) atoms. The van der Waals surface area contributed by atoms with Crippen LogP contribution in [0, 0.1) is 5.92 Å². The molecule has 0 amide bonds. The fourth-order valence-electron chi connectivity index (χ4n) is 3.95. The number of aromatic nitrogens is 3. The number of esters is 1. The number of rotatable bonds is 5. The van der Waals surface area contributed by atoms with Gasteiger partial charge in [-0.2, -0.15) is 4.98 Å². The minimum Gasteiger partial charge on any atom is -0.464 e. The third kappa shape index (κ3) is 3.57. The molecule has 1 aliphatic carbocycles. The second-order valence-corrected chi connectivity index (χ2v) is 8.29. The number of anilines is 2. The first kappa shape index (κ1) is 18.4. The Morgan fingerprint density at radius 2 is 2.28 bits per heavy atom. The fourth-order valence-corrected chi connectivity index (χ4v) is 4.26. The highest BCUT2D eigenvalue weighted by Gasteiger charge is 2.39. The van der Waals surface area contributed by atoms with E-state index in [4.69, 9.17) is 21.3 Å². The second-order valence-electron chi connectivity index (χ2n) is 7.67. The van der Waals surface area contributed by atoms with E-state index < -0.39 is 6.04 Å². The van der Waals surface area contributed by atoms with Crippen LogP contribution in [0.25, 0.3) is 5.52 Å². The number of carbonyl (C=O) groups excluding carboxylic acids is 1. The average Bonchev–Trinajstić information content (AvgIpc) is 3.10. The van der Waals surface area contributed by atoms with Gasteiger partial charge in [-0.3, -0.25) is 4.99 Å². The molecule has 8 nitrogen and oxygen atoms in total. The predicted molar refractivity (Wildman–Crippen MR) is 112 cm³/mol. The van der Waals surface area contributed by atoms with E-state index in [-0.39, 0.29) is 11.3 Å². The third-order valence-electron chi connectivity index (χ3n) is 5.55. The predicted octanol–water partition coefficient (Wildman–Crippen LogP) is 2.64. The van der Waals surface area contributed by atoms with Gasteiger partial charge in [0.05, 0.1) is 18.5 Å². The molecule has 5 rings (SSSR count). The molecule has 2 aromatic heterocycles. The first-order chi connectivity index (χ1) is 14.1. The van der Waals surface area contributed by atoms with Crippen LogP contribution in [-0.4, -0.2) is 57.5 Å². The Labute approximate surface area is 173 Å². The maximum Gasteiger partial charge on any atom is 0.328 e. The largest absolute Gasteiger partial charge is 0.464 e. The molecular formula is C20H23ClN6O2. The van der Waals surface area contributed by atoms with Gasteiger partial charge in [-0.25, -0.2) is 9.31 Å². The van der Waals surface area contributed by atoms with Crippen LogP contribution < -0.4 is 10.2 Å². The van der Waals surface area contributed by atoms with Crippen molar-refractivity contribution < 1.29 is 9.53 Å². The summed E-state index contributed by atoms with van der Waals surface area (Å²) in [5.41, 5.74) is 2.24. The monoisotopic (exact) mass is 414 g/mol. The van der Waals surface area contributed by atoms with E-state index in [1.165, 1.54) is 18.4 Å². The zero-order chi connectivity index (χ0) is 20.0. The van der Waals surface area contributed by atoms with E-state index >= 15 is 0 Å². The summed E-state index contributed by atoms with van der Waals surface area (Å²) in [5, 5.41) is 7.80. The maximum absolute atomic E-state index is 12.4. The van der Waals surface area contributed by atoms with E-state index in [9.17, 15) is 4.79 Å². The van der Waals surface area contributed by atoms with Crippen molar-refractivity contribution in [3.8, 4) is 0 Å². The average molecular weight is 415 g/mol. The van der Waals surface area contributed by atoms with Crippen molar-refractivity contribution >= 4 is 40.7 Å². The molecule has 0 bridgehead atoms. The van der Waals surface area contributed by atoms with Gasteiger partial charge >= 0.3 is 5.97 Å². The van der Waals surface area contributed by atoms with Gasteiger partial charge in [-0.1, -0.05) is 0 Å². The quantitative estimate of drug-likeness (QED) is 0.598. The zero-order valence-electron chi connectivity index (χ0n) is 16.2.